The minimum absolute atomic E-state index is 0.577. The highest BCUT2D eigenvalue weighted by Gasteiger charge is 2.24. The molecule has 6 nitrogen and oxygen atoms in total. The van der Waals surface area contributed by atoms with Crippen LogP contribution in [0.2, 0.25) is 0 Å². The first-order chi connectivity index (χ1) is 12.8. The van der Waals surface area contributed by atoms with Crippen LogP contribution in [0.3, 0.4) is 0 Å². The second kappa shape index (κ2) is 8.18. The first-order valence-corrected chi connectivity index (χ1v) is 9.88. The van der Waals surface area contributed by atoms with Crippen molar-refractivity contribution < 1.29 is 0 Å². The average Bonchev–Trinajstić information content (AvgIpc) is 3.14. The van der Waals surface area contributed by atoms with Crippen molar-refractivity contribution in [2.45, 2.75) is 18.8 Å². The molecule has 3 heterocycles. The van der Waals surface area contributed by atoms with Crippen LogP contribution in [0.25, 0.3) is 0 Å². The van der Waals surface area contributed by atoms with E-state index in [1.165, 1.54) is 57.8 Å². The third kappa shape index (κ3) is 4.07. The van der Waals surface area contributed by atoms with E-state index in [2.05, 4.69) is 66.8 Å². The molecule has 2 aromatic rings. The summed E-state index contributed by atoms with van der Waals surface area (Å²) in [6.45, 7) is 9.36. The fourth-order valence-electron chi connectivity index (χ4n) is 4.23. The van der Waals surface area contributed by atoms with Gasteiger partial charge >= 0.3 is 0 Å². The zero-order chi connectivity index (χ0) is 17.8. The predicted octanol–water partition coefficient (Wildman–Crippen LogP) is 1.82. The minimum Gasteiger partial charge on any atom is -0.369 e. The quantitative estimate of drug-likeness (QED) is 0.819. The summed E-state index contributed by atoms with van der Waals surface area (Å²) in [7, 11) is 2.05. The molecule has 26 heavy (non-hydrogen) atoms. The van der Waals surface area contributed by atoms with Gasteiger partial charge in [0.15, 0.2) is 0 Å². The van der Waals surface area contributed by atoms with Crippen molar-refractivity contribution in [3.63, 3.8) is 0 Å². The van der Waals surface area contributed by atoms with Gasteiger partial charge in [0.1, 0.15) is 12.2 Å². The van der Waals surface area contributed by atoms with E-state index in [1.807, 2.05) is 6.33 Å². The van der Waals surface area contributed by atoms with E-state index >= 15 is 0 Å². The lowest BCUT2D eigenvalue weighted by Crippen LogP contribution is -2.49. The number of rotatable bonds is 5. The summed E-state index contributed by atoms with van der Waals surface area (Å²) in [4.78, 5) is 7.74. The molecule has 0 radical (unpaired) electrons. The molecule has 0 saturated carbocycles. The van der Waals surface area contributed by atoms with E-state index in [9.17, 15) is 0 Å². The van der Waals surface area contributed by atoms with Gasteiger partial charge in [-0.3, -0.25) is 4.90 Å². The van der Waals surface area contributed by atoms with Crippen LogP contribution in [0.5, 0.6) is 0 Å². The molecule has 2 aliphatic rings. The molecule has 2 aliphatic heterocycles. The number of likely N-dealkylation sites (tertiary alicyclic amines) is 1. The SMILES string of the molecule is Cn1cnnc1C1CCN(CCN2CCN(c3ccccc3)CC2)CC1. The molecule has 1 aromatic carbocycles. The lowest BCUT2D eigenvalue weighted by molar-refractivity contribution is 0.166. The van der Waals surface area contributed by atoms with Crippen molar-refractivity contribution in [3.8, 4) is 0 Å². The maximum absolute atomic E-state index is 4.30. The number of para-hydroxylation sites is 1. The fraction of sp³-hybridized carbons (Fsp3) is 0.600. The Balaban J connectivity index is 1.17. The number of piperidine rings is 1. The van der Waals surface area contributed by atoms with Crippen LogP contribution in [0, 0.1) is 0 Å². The molecular weight excluding hydrogens is 324 g/mol. The summed E-state index contributed by atoms with van der Waals surface area (Å²) in [6, 6.07) is 10.8. The summed E-state index contributed by atoms with van der Waals surface area (Å²) in [5, 5.41) is 8.33. The Hall–Kier alpha value is -1.92. The van der Waals surface area contributed by atoms with E-state index in [0.29, 0.717) is 5.92 Å². The fourth-order valence-corrected chi connectivity index (χ4v) is 4.23. The largest absolute Gasteiger partial charge is 0.369 e. The van der Waals surface area contributed by atoms with Gasteiger partial charge in [-0.15, -0.1) is 10.2 Å². The van der Waals surface area contributed by atoms with Gasteiger partial charge in [0.2, 0.25) is 0 Å². The van der Waals surface area contributed by atoms with Gasteiger partial charge < -0.3 is 14.4 Å². The Labute approximate surface area is 156 Å². The molecule has 1 aromatic heterocycles. The summed E-state index contributed by atoms with van der Waals surface area (Å²) in [6.07, 6.45) is 4.22. The monoisotopic (exact) mass is 354 g/mol. The number of nitrogens with zero attached hydrogens (tertiary/aromatic N) is 6. The lowest BCUT2D eigenvalue weighted by atomic mass is 9.96. The van der Waals surface area contributed by atoms with Crippen molar-refractivity contribution in [1.29, 1.82) is 0 Å². The Kier molecular flexibility index (Phi) is 5.51. The molecule has 0 amide bonds. The van der Waals surface area contributed by atoms with Crippen LogP contribution >= 0.6 is 0 Å². The maximum Gasteiger partial charge on any atom is 0.135 e. The molecule has 0 N–H and O–H groups in total. The number of aromatic nitrogens is 3. The number of piperazine rings is 1. The molecule has 6 heteroatoms. The van der Waals surface area contributed by atoms with Crippen molar-refractivity contribution in [3.05, 3.63) is 42.5 Å². The van der Waals surface area contributed by atoms with Crippen molar-refractivity contribution >= 4 is 5.69 Å². The van der Waals surface area contributed by atoms with Crippen LogP contribution in [-0.4, -0.2) is 76.9 Å². The first kappa shape index (κ1) is 17.5. The lowest BCUT2D eigenvalue weighted by Gasteiger charge is -2.38. The highest BCUT2D eigenvalue weighted by Crippen LogP contribution is 2.26. The third-order valence-electron chi connectivity index (χ3n) is 5.93. The second-order valence-electron chi connectivity index (χ2n) is 7.58. The van der Waals surface area contributed by atoms with Crippen molar-refractivity contribution in [2.75, 3.05) is 57.3 Å². The van der Waals surface area contributed by atoms with E-state index in [4.69, 9.17) is 0 Å². The molecule has 2 fully saturated rings. The standard InChI is InChI=1S/C20H30N6/c1-23-17-21-22-20(23)18-7-9-24(10-8-18)11-12-25-13-15-26(16-14-25)19-5-3-2-4-6-19/h2-6,17-18H,7-16H2,1H3. The normalized spacial score (nSPS) is 20.6. The summed E-state index contributed by atoms with van der Waals surface area (Å²) < 4.78 is 2.08. The van der Waals surface area contributed by atoms with Crippen LogP contribution in [0.15, 0.2) is 36.7 Å². The average molecular weight is 355 g/mol. The van der Waals surface area contributed by atoms with Crippen LogP contribution in [0.4, 0.5) is 5.69 Å². The zero-order valence-electron chi connectivity index (χ0n) is 15.8. The summed E-state index contributed by atoms with van der Waals surface area (Å²) in [5.41, 5.74) is 1.36. The zero-order valence-corrected chi connectivity index (χ0v) is 15.8. The van der Waals surface area contributed by atoms with E-state index < -0.39 is 0 Å². The van der Waals surface area contributed by atoms with Gasteiger partial charge in [-0.2, -0.15) is 0 Å². The predicted molar refractivity (Wildman–Crippen MR) is 105 cm³/mol. The van der Waals surface area contributed by atoms with Gasteiger partial charge in [-0.05, 0) is 38.1 Å². The smallest absolute Gasteiger partial charge is 0.135 e. The molecule has 0 bridgehead atoms. The van der Waals surface area contributed by atoms with Gasteiger partial charge in [-0.25, -0.2) is 0 Å². The van der Waals surface area contributed by atoms with Crippen molar-refractivity contribution in [1.82, 2.24) is 24.6 Å². The van der Waals surface area contributed by atoms with E-state index in [-0.39, 0.29) is 0 Å². The molecule has 2 saturated heterocycles. The van der Waals surface area contributed by atoms with Gasteiger partial charge in [0.05, 0.1) is 0 Å². The summed E-state index contributed by atoms with van der Waals surface area (Å²) >= 11 is 0. The highest BCUT2D eigenvalue weighted by molar-refractivity contribution is 5.46. The Morgan fingerprint density at radius 1 is 0.885 bits per heavy atom. The second-order valence-corrected chi connectivity index (χ2v) is 7.58. The maximum atomic E-state index is 4.30. The molecule has 0 unspecified atom stereocenters. The Morgan fingerprint density at radius 2 is 1.54 bits per heavy atom. The molecular formula is C20H30N6. The third-order valence-corrected chi connectivity index (χ3v) is 5.93. The number of hydrogen-bond acceptors (Lipinski definition) is 5. The topological polar surface area (TPSA) is 40.4 Å². The van der Waals surface area contributed by atoms with Gasteiger partial charge in [0.25, 0.3) is 0 Å². The molecule has 0 spiro atoms. The number of hydrogen-bond donors (Lipinski definition) is 0. The molecule has 0 atom stereocenters. The summed E-state index contributed by atoms with van der Waals surface area (Å²) in [5.74, 6) is 1.73. The van der Waals surface area contributed by atoms with Crippen LogP contribution in [-0.2, 0) is 7.05 Å². The molecule has 4 rings (SSSR count). The molecule has 0 aliphatic carbocycles. The minimum atomic E-state index is 0.577. The van der Waals surface area contributed by atoms with Gasteiger partial charge in [0, 0.05) is 57.9 Å². The van der Waals surface area contributed by atoms with Crippen LogP contribution in [0.1, 0.15) is 24.6 Å². The van der Waals surface area contributed by atoms with Crippen molar-refractivity contribution in [2.24, 2.45) is 7.05 Å². The Bertz CT molecular complexity index is 669. The molecule has 140 valence electrons. The Morgan fingerprint density at radius 3 is 2.15 bits per heavy atom. The number of aryl methyl sites for hydroxylation is 1. The van der Waals surface area contributed by atoms with Gasteiger partial charge in [-0.1, -0.05) is 18.2 Å². The first-order valence-electron chi connectivity index (χ1n) is 9.88. The highest BCUT2D eigenvalue weighted by atomic mass is 15.3. The van der Waals surface area contributed by atoms with Crippen LogP contribution < -0.4 is 4.90 Å². The van der Waals surface area contributed by atoms with E-state index in [0.717, 1.165) is 18.9 Å². The van der Waals surface area contributed by atoms with E-state index in [1.54, 1.807) is 0 Å². The number of anilines is 1. The number of benzene rings is 1.